The highest BCUT2D eigenvalue weighted by Crippen LogP contribution is 2.07. The average Bonchev–Trinajstić information content (AvgIpc) is 2.16. The number of unbranched alkanes of at least 4 members (excludes halogenated alkanes) is 5. The number of carbonyl (C=O) groups excluding carboxylic acids is 1. The van der Waals surface area contributed by atoms with Gasteiger partial charge >= 0.3 is 0 Å². The Labute approximate surface area is 93.4 Å². The first-order valence-electron chi connectivity index (χ1n) is 4.80. The molecule has 78 valence electrons. The minimum Gasteiger partial charge on any atom is -0.289 e. The zero-order valence-electron chi connectivity index (χ0n) is 7.89. The molecule has 0 aliphatic heterocycles. The first kappa shape index (κ1) is 13.2. The SMILES string of the molecule is O=C(CCCCCCCCI)NO. The van der Waals surface area contributed by atoms with E-state index >= 15 is 0 Å². The second-order valence-electron chi connectivity index (χ2n) is 3.10. The van der Waals surface area contributed by atoms with Crippen LogP contribution in [0.4, 0.5) is 0 Å². The number of amides is 1. The van der Waals surface area contributed by atoms with Gasteiger partial charge in [0, 0.05) is 6.42 Å². The van der Waals surface area contributed by atoms with Gasteiger partial charge in [-0.05, 0) is 17.3 Å². The van der Waals surface area contributed by atoms with Crippen LogP contribution in [0.25, 0.3) is 0 Å². The molecule has 2 N–H and O–H groups in total. The Kier molecular flexibility index (Phi) is 10.4. The summed E-state index contributed by atoms with van der Waals surface area (Å²) in [5.41, 5.74) is 1.64. The van der Waals surface area contributed by atoms with Crippen molar-refractivity contribution in [3.8, 4) is 0 Å². The van der Waals surface area contributed by atoms with Crippen LogP contribution in [0, 0.1) is 0 Å². The van der Waals surface area contributed by atoms with E-state index < -0.39 is 0 Å². The molecule has 1 amide bonds. The molecule has 0 aromatic heterocycles. The Bertz CT molecular complexity index is 131. The number of hydrogen-bond donors (Lipinski definition) is 2. The maximum absolute atomic E-state index is 10.6. The number of hydrogen-bond acceptors (Lipinski definition) is 2. The Balaban J connectivity index is 2.95. The minimum absolute atomic E-state index is 0.271. The number of nitrogens with one attached hydrogen (secondary N) is 1. The largest absolute Gasteiger partial charge is 0.289 e. The van der Waals surface area contributed by atoms with Gasteiger partial charge in [0.05, 0.1) is 0 Å². The molecule has 0 aliphatic rings. The summed E-state index contributed by atoms with van der Waals surface area (Å²) in [5, 5.41) is 8.21. The molecule has 0 aromatic carbocycles. The van der Waals surface area contributed by atoms with Crippen LogP contribution >= 0.6 is 22.6 Å². The number of rotatable bonds is 8. The molecule has 4 heteroatoms. The van der Waals surface area contributed by atoms with E-state index in [1.54, 1.807) is 5.48 Å². The molecule has 0 fully saturated rings. The van der Waals surface area contributed by atoms with E-state index in [9.17, 15) is 4.79 Å². The average molecular weight is 299 g/mol. The summed E-state index contributed by atoms with van der Waals surface area (Å²) in [4.78, 5) is 10.6. The summed E-state index contributed by atoms with van der Waals surface area (Å²) in [6, 6.07) is 0. The number of halogens is 1. The molecule has 0 unspecified atom stereocenters. The zero-order valence-corrected chi connectivity index (χ0v) is 10.0. The predicted octanol–water partition coefficient (Wildman–Crippen LogP) is 2.66. The molecule has 0 radical (unpaired) electrons. The topological polar surface area (TPSA) is 49.3 Å². The summed E-state index contributed by atoms with van der Waals surface area (Å²) < 4.78 is 1.24. The van der Waals surface area contributed by atoms with Crippen molar-refractivity contribution < 1.29 is 10.0 Å². The smallest absolute Gasteiger partial charge is 0.243 e. The van der Waals surface area contributed by atoms with Crippen LogP contribution < -0.4 is 5.48 Å². The molecule has 0 aliphatic carbocycles. The Morgan fingerprint density at radius 3 is 2.15 bits per heavy atom. The van der Waals surface area contributed by atoms with Crippen LogP contribution in [-0.2, 0) is 4.79 Å². The van der Waals surface area contributed by atoms with Crippen LogP contribution in [0.5, 0.6) is 0 Å². The second-order valence-corrected chi connectivity index (χ2v) is 4.17. The van der Waals surface area contributed by atoms with Crippen molar-refractivity contribution in [2.24, 2.45) is 0 Å². The lowest BCUT2D eigenvalue weighted by Crippen LogP contribution is -2.17. The summed E-state index contributed by atoms with van der Waals surface area (Å²) in [6.45, 7) is 0. The van der Waals surface area contributed by atoms with Gasteiger partial charge in [0.15, 0.2) is 0 Å². The second kappa shape index (κ2) is 10.2. The number of hydroxylamine groups is 1. The highest BCUT2D eigenvalue weighted by Gasteiger charge is 1.97. The Morgan fingerprint density at radius 1 is 1.08 bits per heavy atom. The molecule has 0 heterocycles. The maximum Gasteiger partial charge on any atom is 0.243 e. The maximum atomic E-state index is 10.6. The first-order chi connectivity index (χ1) is 6.31. The van der Waals surface area contributed by atoms with Gasteiger partial charge in [-0.3, -0.25) is 10.0 Å². The molecule has 3 nitrogen and oxygen atoms in total. The van der Waals surface area contributed by atoms with E-state index in [0.29, 0.717) is 6.42 Å². The van der Waals surface area contributed by atoms with Gasteiger partial charge < -0.3 is 0 Å². The molecule has 0 saturated heterocycles. The highest BCUT2D eigenvalue weighted by molar-refractivity contribution is 14.1. The van der Waals surface area contributed by atoms with Crippen LogP contribution in [0.2, 0.25) is 0 Å². The van der Waals surface area contributed by atoms with Crippen LogP contribution in [0.1, 0.15) is 44.9 Å². The van der Waals surface area contributed by atoms with E-state index in [-0.39, 0.29) is 5.91 Å². The fourth-order valence-corrected chi connectivity index (χ4v) is 1.68. The standard InChI is InChI=1S/C9H18INO2/c10-8-6-4-2-1-3-5-7-9(12)11-13/h13H,1-8H2,(H,11,12). The van der Waals surface area contributed by atoms with E-state index in [1.807, 2.05) is 0 Å². The third kappa shape index (κ3) is 10.1. The van der Waals surface area contributed by atoms with E-state index in [2.05, 4.69) is 22.6 Å². The van der Waals surface area contributed by atoms with Crippen molar-refractivity contribution >= 4 is 28.5 Å². The van der Waals surface area contributed by atoms with Crippen molar-refractivity contribution in [1.82, 2.24) is 5.48 Å². The van der Waals surface area contributed by atoms with Gasteiger partial charge in [-0.2, -0.15) is 0 Å². The first-order valence-corrected chi connectivity index (χ1v) is 6.32. The van der Waals surface area contributed by atoms with Gasteiger partial charge in [0.1, 0.15) is 0 Å². The van der Waals surface area contributed by atoms with Gasteiger partial charge in [-0.1, -0.05) is 48.3 Å². The quantitative estimate of drug-likeness (QED) is 0.238. The highest BCUT2D eigenvalue weighted by atomic mass is 127. The zero-order chi connectivity index (χ0) is 9.94. The summed E-state index contributed by atoms with van der Waals surface area (Å²) >= 11 is 2.39. The molecular formula is C9H18INO2. The van der Waals surface area contributed by atoms with Gasteiger partial charge in [-0.15, -0.1) is 0 Å². The van der Waals surface area contributed by atoms with Crippen LogP contribution in [0.3, 0.4) is 0 Å². The lowest BCUT2D eigenvalue weighted by molar-refractivity contribution is -0.129. The number of alkyl halides is 1. The Hall–Kier alpha value is 0.160. The van der Waals surface area contributed by atoms with E-state index in [1.165, 1.54) is 30.1 Å². The van der Waals surface area contributed by atoms with Gasteiger partial charge in [-0.25, -0.2) is 5.48 Å². The third-order valence-electron chi connectivity index (χ3n) is 1.91. The summed E-state index contributed by atoms with van der Waals surface area (Å²) in [7, 11) is 0. The number of carbonyl (C=O) groups is 1. The van der Waals surface area contributed by atoms with Crippen molar-refractivity contribution in [3.05, 3.63) is 0 Å². The molecular weight excluding hydrogens is 281 g/mol. The van der Waals surface area contributed by atoms with Crippen LogP contribution in [0.15, 0.2) is 0 Å². The van der Waals surface area contributed by atoms with Crippen molar-refractivity contribution in [1.29, 1.82) is 0 Å². The molecule has 0 rings (SSSR count). The molecule has 0 saturated carbocycles. The molecule has 0 atom stereocenters. The summed E-state index contributed by atoms with van der Waals surface area (Å²) in [6.07, 6.45) is 7.50. The predicted molar refractivity (Wildman–Crippen MR) is 61.1 cm³/mol. The van der Waals surface area contributed by atoms with Crippen LogP contribution in [-0.4, -0.2) is 15.5 Å². The lowest BCUT2D eigenvalue weighted by Gasteiger charge is -1.99. The lowest BCUT2D eigenvalue weighted by atomic mass is 10.1. The van der Waals surface area contributed by atoms with Crippen molar-refractivity contribution in [3.63, 3.8) is 0 Å². The van der Waals surface area contributed by atoms with E-state index in [0.717, 1.165) is 12.8 Å². The molecule has 0 spiro atoms. The van der Waals surface area contributed by atoms with Gasteiger partial charge in [0.25, 0.3) is 0 Å². The summed E-state index contributed by atoms with van der Waals surface area (Å²) in [5.74, 6) is -0.271. The molecule has 13 heavy (non-hydrogen) atoms. The monoisotopic (exact) mass is 299 g/mol. The normalized spacial score (nSPS) is 10.0. The van der Waals surface area contributed by atoms with Gasteiger partial charge in [0.2, 0.25) is 5.91 Å². The molecule has 0 aromatic rings. The fourth-order valence-electron chi connectivity index (χ4n) is 1.14. The molecule has 0 bridgehead atoms. The third-order valence-corrected chi connectivity index (χ3v) is 2.67. The minimum atomic E-state index is -0.271. The van der Waals surface area contributed by atoms with Crippen molar-refractivity contribution in [2.45, 2.75) is 44.9 Å². The van der Waals surface area contributed by atoms with E-state index in [4.69, 9.17) is 5.21 Å². The van der Waals surface area contributed by atoms with Crippen molar-refractivity contribution in [2.75, 3.05) is 4.43 Å². The fraction of sp³-hybridized carbons (Fsp3) is 0.889. The Morgan fingerprint density at radius 2 is 1.62 bits per heavy atom.